The highest BCUT2D eigenvalue weighted by Crippen LogP contribution is 2.23. The van der Waals surface area contributed by atoms with E-state index in [1.807, 2.05) is 0 Å². The molecule has 0 spiro atoms. The number of likely N-dealkylation sites (tertiary alicyclic amines) is 1. The summed E-state index contributed by atoms with van der Waals surface area (Å²) in [6.45, 7) is 0.497. The number of rotatable bonds is 3. The Labute approximate surface area is 144 Å². The molecule has 124 valence electrons. The fraction of sp³-hybridized carbons (Fsp3) is 0.222. The number of carbonyl (C=O) groups is 2. The lowest BCUT2D eigenvalue weighted by Gasteiger charge is -2.24. The fourth-order valence-corrected chi connectivity index (χ4v) is 2.95. The minimum absolute atomic E-state index is 0.119. The minimum Gasteiger partial charge on any atom is -0.327 e. The normalized spacial score (nSPS) is 16.9. The van der Waals surface area contributed by atoms with Crippen LogP contribution in [-0.4, -0.2) is 29.3 Å². The molecular formula is C18H16ClFN2O2. The van der Waals surface area contributed by atoms with E-state index in [0.29, 0.717) is 23.6 Å². The van der Waals surface area contributed by atoms with Gasteiger partial charge in [0, 0.05) is 17.1 Å². The maximum Gasteiger partial charge on any atom is 0.254 e. The predicted molar refractivity (Wildman–Crippen MR) is 90.5 cm³/mol. The molecule has 0 unspecified atom stereocenters. The van der Waals surface area contributed by atoms with E-state index in [1.165, 1.54) is 17.0 Å². The molecule has 4 nitrogen and oxygen atoms in total. The molecule has 3 rings (SSSR count). The van der Waals surface area contributed by atoms with Crippen molar-refractivity contribution in [2.45, 2.75) is 18.9 Å². The van der Waals surface area contributed by atoms with Crippen molar-refractivity contribution in [2.24, 2.45) is 0 Å². The van der Waals surface area contributed by atoms with Crippen LogP contribution >= 0.6 is 11.6 Å². The van der Waals surface area contributed by atoms with Gasteiger partial charge in [0.2, 0.25) is 5.91 Å². The van der Waals surface area contributed by atoms with Crippen LogP contribution in [0.5, 0.6) is 0 Å². The number of hydrogen-bond acceptors (Lipinski definition) is 2. The third-order valence-corrected chi connectivity index (χ3v) is 4.29. The van der Waals surface area contributed by atoms with Crippen molar-refractivity contribution < 1.29 is 14.0 Å². The van der Waals surface area contributed by atoms with Crippen molar-refractivity contribution in [3.8, 4) is 0 Å². The van der Waals surface area contributed by atoms with Crippen LogP contribution in [0.15, 0.2) is 48.5 Å². The van der Waals surface area contributed by atoms with Gasteiger partial charge in [0.15, 0.2) is 0 Å². The van der Waals surface area contributed by atoms with Crippen molar-refractivity contribution in [3.63, 3.8) is 0 Å². The molecular weight excluding hydrogens is 331 g/mol. The van der Waals surface area contributed by atoms with Gasteiger partial charge in [-0.25, -0.2) is 4.39 Å². The summed E-state index contributed by atoms with van der Waals surface area (Å²) in [6, 6.07) is 11.9. The lowest BCUT2D eigenvalue weighted by atomic mass is 10.1. The van der Waals surface area contributed by atoms with Gasteiger partial charge < -0.3 is 10.2 Å². The van der Waals surface area contributed by atoms with Crippen LogP contribution in [0.25, 0.3) is 0 Å². The van der Waals surface area contributed by atoms with Gasteiger partial charge in [-0.1, -0.05) is 23.7 Å². The first kappa shape index (κ1) is 16.5. The van der Waals surface area contributed by atoms with Gasteiger partial charge in [-0.2, -0.15) is 0 Å². The molecule has 0 bridgehead atoms. The van der Waals surface area contributed by atoms with Gasteiger partial charge >= 0.3 is 0 Å². The third kappa shape index (κ3) is 3.41. The highest BCUT2D eigenvalue weighted by Gasteiger charge is 2.34. The largest absolute Gasteiger partial charge is 0.327 e. The number of benzene rings is 2. The van der Waals surface area contributed by atoms with Crippen LogP contribution in [0.2, 0.25) is 5.02 Å². The van der Waals surface area contributed by atoms with Gasteiger partial charge in [-0.3, -0.25) is 9.59 Å². The molecule has 2 amide bonds. The van der Waals surface area contributed by atoms with Crippen molar-refractivity contribution in [1.82, 2.24) is 4.90 Å². The Morgan fingerprint density at radius 3 is 2.54 bits per heavy atom. The van der Waals surface area contributed by atoms with E-state index in [9.17, 15) is 14.0 Å². The van der Waals surface area contributed by atoms with Crippen molar-refractivity contribution in [1.29, 1.82) is 0 Å². The highest BCUT2D eigenvalue weighted by molar-refractivity contribution is 6.30. The molecule has 24 heavy (non-hydrogen) atoms. The summed E-state index contributed by atoms with van der Waals surface area (Å²) in [7, 11) is 0. The zero-order valence-corrected chi connectivity index (χ0v) is 13.6. The molecule has 0 saturated carbocycles. The van der Waals surface area contributed by atoms with Crippen LogP contribution in [0.1, 0.15) is 23.2 Å². The molecule has 6 heteroatoms. The predicted octanol–water partition coefficient (Wildman–Crippen LogP) is 3.72. The van der Waals surface area contributed by atoms with Gasteiger partial charge in [0.1, 0.15) is 11.9 Å². The smallest absolute Gasteiger partial charge is 0.254 e. The number of carbonyl (C=O) groups excluding carboxylic acids is 2. The Hall–Kier alpha value is -2.40. The maximum absolute atomic E-state index is 13.7. The van der Waals surface area contributed by atoms with E-state index in [0.717, 1.165) is 6.42 Å². The van der Waals surface area contributed by atoms with Crippen LogP contribution in [0.4, 0.5) is 10.1 Å². The summed E-state index contributed by atoms with van der Waals surface area (Å²) in [5.41, 5.74) is 0.596. The molecule has 1 aliphatic heterocycles. The van der Waals surface area contributed by atoms with E-state index in [2.05, 4.69) is 5.32 Å². The first-order valence-electron chi connectivity index (χ1n) is 7.68. The Balaban J connectivity index is 1.75. The lowest BCUT2D eigenvalue weighted by molar-refractivity contribution is -0.119. The SMILES string of the molecule is O=C(Nc1ccccc1F)[C@@H]1CCCN1C(=O)c1ccc(Cl)cc1. The Morgan fingerprint density at radius 2 is 1.83 bits per heavy atom. The number of para-hydroxylation sites is 1. The highest BCUT2D eigenvalue weighted by atomic mass is 35.5. The standard InChI is InChI=1S/C18H16ClFN2O2/c19-13-9-7-12(8-10-13)18(24)22-11-3-6-16(22)17(23)21-15-5-2-1-4-14(15)20/h1-2,4-5,7-10,16H,3,6,11H2,(H,21,23)/t16-/m0/s1. The Bertz CT molecular complexity index is 764. The molecule has 1 saturated heterocycles. The van der Waals surface area contributed by atoms with E-state index in [4.69, 9.17) is 11.6 Å². The Kier molecular flexibility index (Phi) is 4.81. The summed E-state index contributed by atoms with van der Waals surface area (Å²) in [5, 5.41) is 3.11. The molecule has 1 atom stereocenters. The van der Waals surface area contributed by atoms with Crippen molar-refractivity contribution in [3.05, 3.63) is 64.9 Å². The maximum atomic E-state index is 13.7. The minimum atomic E-state index is -0.604. The average molecular weight is 347 g/mol. The number of amides is 2. The monoisotopic (exact) mass is 346 g/mol. The number of nitrogens with one attached hydrogen (secondary N) is 1. The number of halogens is 2. The third-order valence-electron chi connectivity index (χ3n) is 4.04. The number of hydrogen-bond donors (Lipinski definition) is 1. The zero-order chi connectivity index (χ0) is 17.1. The average Bonchev–Trinajstić information content (AvgIpc) is 3.07. The first-order valence-corrected chi connectivity index (χ1v) is 8.06. The zero-order valence-electron chi connectivity index (χ0n) is 12.8. The fourth-order valence-electron chi connectivity index (χ4n) is 2.82. The van der Waals surface area contributed by atoms with E-state index < -0.39 is 11.9 Å². The second-order valence-electron chi connectivity index (χ2n) is 5.63. The van der Waals surface area contributed by atoms with E-state index in [1.54, 1.807) is 36.4 Å². The molecule has 0 radical (unpaired) electrons. The molecule has 1 N–H and O–H groups in total. The molecule has 1 aliphatic rings. The number of anilines is 1. The molecule has 1 fully saturated rings. The first-order chi connectivity index (χ1) is 11.6. The molecule has 0 aliphatic carbocycles. The molecule has 2 aromatic rings. The topological polar surface area (TPSA) is 49.4 Å². The molecule has 2 aromatic carbocycles. The summed E-state index contributed by atoms with van der Waals surface area (Å²) in [6.07, 6.45) is 1.29. The van der Waals surface area contributed by atoms with Gasteiger partial charge in [-0.15, -0.1) is 0 Å². The van der Waals surface area contributed by atoms with Crippen LogP contribution < -0.4 is 5.32 Å². The van der Waals surface area contributed by atoms with Gasteiger partial charge in [0.25, 0.3) is 5.91 Å². The summed E-state index contributed by atoms with van der Waals surface area (Å²) in [5.74, 6) is -1.10. The second-order valence-corrected chi connectivity index (χ2v) is 6.07. The lowest BCUT2D eigenvalue weighted by Crippen LogP contribution is -2.43. The Morgan fingerprint density at radius 1 is 1.12 bits per heavy atom. The summed E-state index contributed by atoms with van der Waals surface area (Å²) < 4.78 is 13.7. The van der Waals surface area contributed by atoms with Crippen LogP contribution in [0.3, 0.4) is 0 Å². The van der Waals surface area contributed by atoms with E-state index >= 15 is 0 Å². The summed E-state index contributed by atoms with van der Waals surface area (Å²) >= 11 is 5.84. The van der Waals surface area contributed by atoms with Gasteiger partial charge in [-0.05, 0) is 49.2 Å². The van der Waals surface area contributed by atoms with E-state index in [-0.39, 0.29) is 17.5 Å². The molecule has 0 aromatic heterocycles. The van der Waals surface area contributed by atoms with Crippen molar-refractivity contribution >= 4 is 29.1 Å². The van der Waals surface area contributed by atoms with Crippen LogP contribution in [0, 0.1) is 5.82 Å². The van der Waals surface area contributed by atoms with Crippen LogP contribution in [-0.2, 0) is 4.79 Å². The van der Waals surface area contributed by atoms with Crippen molar-refractivity contribution in [2.75, 3.05) is 11.9 Å². The quantitative estimate of drug-likeness (QED) is 0.920. The second kappa shape index (κ2) is 7.01. The number of nitrogens with zero attached hydrogens (tertiary/aromatic N) is 1. The molecule has 1 heterocycles. The summed E-state index contributed by atoms with van der Waals surface area (Å²) in [4.78, 5) is 26.6. The van der Waals surface area contributed by atoms with Gasteiger partial charge in [0.05, 0.1) is 5.69 Å².